The number of para-hydroxylation sites is 1. The van der Waals surface area contributed by atoms with E-state index in [9.17, 15) is 9.59 Å². The monoisotopic (exact) mass is 518 g/mol. The van der Waals surface area contributed by atoms with E-state index in [2.05, 4.69) is 44.7 Å². The van der Waals surface area contributed by atoms with Gasteiger partial charge in [-0.2, -0.15) is 5.10 Å². The zero-order valence-corrected chi connectivity index (χ0v) is 21.6. The third kappa shape index (κ3) is 5.63. The lowest BCUT2D eigenvalue weighted by atomic mass is 10.1. The average molecular weight is 519 g/mol. The van der Waals surface area contributed by atoms with Crippen LogP contribution in [0.2, 0.25) is 0 Å². The van der Waals surface area contributed by atoms with Gasteiger partial charge in [-0.05, 0) is 48.2 Å². The number of carbonyl (C=O) groups excluding carboxylic acids is 2. The minimum absolute atomic E-state index is 0.113. The molecule has 0 atom stereocenters. The lowest BCUT2D eigenvalue weighted by Crippen LogP contribution is -2.32. The average Bonchev–Trinajstić information content (AvgIpc) is 3.56. The Morgan fingerprint density at radius 1 is 0.895 bits per heavy atom. The second-order valence-corrected chi connectivity index (χ2v) is 9.66. The Labute approximate surface area is 224 Å². The predicted molar refractivity (Wildman–Crippen MR) is 154 cm³/mol. The molecule has 0 saturated heterocycles. The number of thiophene rings is 1. The molecule has 2 aromatic heterocycles. The van der Waals surface area contributed by atoms with Gasteiger partial charge in [0.2, 0.25) is 0 Å². The fourth-order valence-corrected chi connectivity index (χ4v) is 4.92. The Bertz CT molecular complexity index is 1620. The summed E-state index contributed by atoms with van der Waals surface area (Å²) < 4.78 is 2.25. The quantitative estimate of drug-likeness (QED) is 0.151. The molecule has 0 aliphatic rings. The van der Waals surface area contributed by atoms with Crippen LogP contribution in [0.3, 0.4) is 0 Å². The van der Waals surface area contributed by atoms with Crippen molar-refractivity contribution in [3.63, 3.8) is 0 Å². The number of hydrogen-bond donors (Lipinski definition) is 2. The number of fused-ring (bicyclic) bond motifs is 1. The summed E-state index contributed by atoms with van der Waals surface area (Å²) in [5, 5.41) is 9.96. The maximum atomic E-state index is 13.1. The molecule has 6 nitrogen and oxygen atoms in total. The standard InChI is InChI=1S/C31H26N4O2S/c1-22-27(26-16-8-9-17-29(26)35(22)21-23-11-4-2-5-12-23)20-32-34-31(37)28(19-25-15-10-18-38-25)33-30(36)24-13-6-3-7-14-24/h2-20H,21H2,1H3,(H,33,36)(H,34,37). The van der Waals surface area contributed by atoms with E-state index in [-0.39, 0.29) is 11.6 Å². The van der Waals surface area contributed by atoms with Gasteiger partial charge in [0.15, 0.2) is 0 Å². The molecule has 188 valence electrons. The van der Waals surface area contributed by atoms with Crippen molar-refractivity contribution in [2.75, 3.05) is 0 Å². The van der Waals surface area contributed by atoms with Crippen LogP contribution >= 0.6 is 11.3 Å². The molecular weight excluding hydrogens is 492 g/mol. The molecule has 0 aliphatic heterocycles. The van der Waals surface area contributed by atoms with E-state index in [1.54, 1.807) is 36.6 Å². The second-order valence-electron chi connectivity index (χ2n) is 8.68. The van der Waals surface area contributed by atoms with E-state index in [0.29, 0.717) is 5.56 Å². The first-order valence-corrected chi connectivity index (χ1v) is 13.0. The van der Waals surface area contributed by atoms with Crippen LogP contribution < -0.4 is 10.7 Å². The lowest BCUT2D eigenvalue weighted by molar-refractivity contribution is -0.117. The minimum atomic E-state index is -0.510. The maximum absolute atomic E-state index is 13.1. The summed E-state index contributed by atoms with van der Waals surface area (Å²) in [5.74, 6) is -0.878. The highest BCUT2D eigenvalue weighted by Crippen LogP contribution is 2.25. The molecule has 2 N–H and O–H groups in total. The number of nitrogens with zero attached hydrogens (tertiary/aromatic N) is 2. The minimum Gasteiger partial charge on any atom is -0.340 e. The van der Waals surface area contributed by atoms with E-state index >= 15 is 0 Å². The van der Waals surface area contributed by atoms with Crippen molar-refractivity contribution < 1.29 is 9.59 Å². The molecular formula is C31H26N4O2S. The van der Waals surface area contributed by atoms with Gasteiger partial charge in [-0.25, -0.2) is 5.43 Å². The zero-order chi connectivity index (χ0) is 26.3. The summed E-state index contributed by atoms with van der Waals surface area (Å²) >= 11 is 1.47. The third-order valence-electron chi connectivity index (χ3n) is 6.18. The lowest BCUT2D eigenvalue weighted by Gasteiger charge is -2.09. The number of aromatic nitrogens is 1. The molecule has 0 saturated carbocycles. The Morgan fingerprint density at radius 2 is 1.61 bits per heavy atom. The number of rotatable bonds is 8. The molecule has 0 bridgehead atoms. The third-order valence-corrected chi connectivity index (χ3v) is 7.00. The van der Waals surface area contributed by atoms with Crippen LogP contribution in [0.15, 0.2) is 113 Å². The van der Waals surface area contributed by atoms with Crippen molar-refractivity contribution in [2.24, 2.45) is 5.10 Å². The normalized spacial score (nSPS) is 11.7. The topological polar surface area (TPSA) is 75.5 Å². The van der Waals surface area contributed by atoms with E-state index in [1.807, 2.05) is 60.8 Å². The number of carbonyl (C=O) groups is 2. The van der Waals surface area contributed by atoms with Gasteiger partial charge in [0.1, 0.15) is 5.70 Å². The number of amides is 2. The Hall–Kier alpha value is -4.75. The van der Waals surface area contributed by atoms with Crippen LogP contribution in [0.1, 0.15) is 32.1 Å². The van der Waals surface area contributed by atoms with Crippen molar-refractivity contribution >= 4 is 46.3 Å². The van der Waals surface area contributed by atoms with E-state index in [1.165, 1.54) is 16.9 Å². The number of nitrogens with one attached hydrogen (secondary N) is 2. The Morgan fingerprint density at radius 3 is 2.34 bits per heavy atom. The van der Waals surface area contributed by atoms with Gasteiger partial charge in [0.05, 0.1) is 6.21 Å². The van der Waals surface area contributed by atoms with Crippen molar-refractivity contribution in [3.8, 4) is 0 Å². The van der Waals surface area contributed by atoms with E-state index in [0.717, 1.165) is 33.6 Å². The van der Waals surface area contributed by atoms with Crippen LogP contribution in [-0.4, -0.2) is 22.6 Å². The molecule has 0 unspecified atom stereocenters. The smallest absolute Gasteiger partial charge is 0.287 e. The van der Waals surface area contributed by atoms with Gasteiger partial charge in [-0.1, -0.05) is 72.8 Å². The van der Waals surface area contributed by atoms with Crippen LogP contribution in [0, 0.1) is 6.92 Å². The first-order valence-electron chi connectivity index (χ1n) is 12.2. The molecule has 7 heteroatoms. The molecule has 3 aromatic carbocycles. The van der Waals surface area contributed by atoms with Gasteiger partial charge in [-0.15, -0.1) is 11.3 Å². The van der Waals surface area contributed by atoms with Crippen LogP contribution in [0.4, 0.5) is 0 Å². The number of benzene rings is 3. The van der Waals surface area contributed by atoms with Crippen molar-refractivity contribution in [2.45, 2.75) is 13.5 Å². The van der Waals surface area contributed by atoms with Crippen LogP contribution in [0.25, 0.3) is 17.0 Å². The van der Waals surface area contributed by atoms with E-state index in [4.69, 9.17) is 0 Å². The summed E-state index contributed by atoms with van der Waals surface area (Å²) in [6.07, 6.45) is 3.31. The molecule has 0 radical (unpaired) electrons. The maximum Gasteiger partial charge on any atom is 0.287 e. The number of hydrogen-bond acceptors (Lipinski definition) is 4. The van der Waals surface area contributed by atoms with E-state index < -0.39 is 5.91 Å². The first-order chi connectivity index (χ1) is 18.6. The molecule has 0 spiro atoms. The highest BCUT2D eigenvalue weighted by molar-refractivity contribution is 7.10. The molecule has 2 amide bonds. The fraction of sp³-hybridized carbons (Fsp3) is 0.0645. The summed E-state index contributed by atoms with van der Waals surface area (Å²) in [7, 11) is 0. The summed E-state index contributed by atoms with van der Waals surface area (Å²) in [4.78, 5) is 26.7. The van der Waals surface area contributed by atoms with Crippen molar-refractivity contribution in [1.82, 2.24) is 15.3 Å². The first kappa shape index (κ1) is 24.9. The Balaban J connectivity index is 1.39. The van der Waals surface area contributed by atoms with Gasteiger partial charge < -0.3 is 9.88 Å². The number of hydrazone groups is 1. The van der Waals surface area contributed by atoms with Crippen molar-refractivity contribution in [1.29, 1.82) is 0 Å². The SMILES string of the molecule is Cc1c(C=NNC(=O)C(=Cc2cccs2)NC(=O)c2ccccc2)c2ccccc2n1Cc1ccccc1. The summed E-state index contributed by atoms with van der Waals surface area (Å²) in [6, 6.07) is 31.0. The van der Waals surface area contributed by atoms with Crippen molar-refractivity contribution in [3.05, 3.63) is 135 Å². The fourth-order valence-electron chi connectivity index (χ4n) is 4.26. The second kappa shape index (κ2) is 11.5. The van der Waals surface area contributed by atoms with Gasteiger partial charge >= 0.3 is 0 Å². The molecule has 2 heterocycles. The summed E-state index contributed by atoms with van der Waals surface area (Å²) in [6.45, 7) is 2.78. The molecule has 5 aromatic rings. The predicted octanol–water partition coefficient (Wildman–Crippen LogP) is 5.98. The zero-order valence-electron chi connectivity index (χ0n) is 20.8. The van der Waals surface area contributed by atoms with Crippen LogP contribution in [-0.2, 0) is 11.3 Å². The molecule has 38 heavy (non-hydrogen) atoms. The largest absolute Gasteiger partial charge is 0.340 e. The highest BCUT2D eigenvalue weighted by Gasteiger charge is 2.16. The van der Waals surface area contributed by atoms with Gasteiger partial charge in [-0.3, -0.25) is 9.59 Å². The molecule has 0 aliphatic carbocycles. The highest BCUT2D eigenvalue weighted by atomic mass is 32.1. The van der Waals surface area contributed by atoms with Gasteiger partial charge in [0, 0.05) is 39.1 Å². The molecule has 0 fully saturated rings. The molecule has 5 rings (SSSR count). The summed E-state index contributed by atoms with van der Waals surface area (Å²) in [5.41, 5.74) is 7.43. The van der Waals surface area contributed by atoms with Crippen LogP contribution in [0.5, 0.6) is 0 Å². The van der Waals surface area contributed by atoms with Gasteiger partial charge in [0.25, 0.3) is 11.8 Å². The Kier molecular flexibility index (Phi) is 7.57.